The molecule has 0 bridgehead atoms. The Morgan fingerprint density at radius 1 is 1.29 bits per heavy atom. The predicted molar refractivity (Wildman–Crippen MR) is 68.7 cm³/mol. The van der Waals surface area contributed by atoms with Crippen molar-refractivity contribution in [1.82, 2.24) is 10.3 Å². The van der Waals surface area contributed by atoms with Gasteiger partial charge in [0.25, 0.3) is 6.01 Å². The average molecular weight is 252 g/mol. The third kappa shape index (κ3) is 2.23. The van der Waals surface area contributed by atoms with Gasteiger partial charge in [-0.2, -0.15) is 4.98 Å². The number of nitrogens with one attached hydrogen (secondary N) is 1. The molecule has 1 saturated heterocycles. The molecule has 0 amide bonds. The highest BCUT2D eigenvalue weighted by Crippen LogP contribution is 2.24. The topological polar surface area (TPSA) is 41.3 Å². The molecule has 17 heavy (non-hydrogen) atoms. The van der Waals surface area contributed by atoms with Crippen LogP contribution in [0.1, 0.15) is 6.42 Å². The lowest BCUT2D eigenvalue weighted by atomic mass is 10.3. The van der Waals surface area contributed by atoms with Crippen molar-refractivity contribution in [2.45, 2.75) is 6.42 Å². The van der Waals surface area contributed by atoms with Gasteiger partial charge in [0, 0.05) is 24.7 Å². The lowest BCUT2D eigenvalue weighted by Gasteiger charge is -2.16. The predicted octanol–water partition coefficient (Wildman–Crippen LogP) is 2.28. The maximum atomic E-state index is 5.93. The van der Waals surface area contributed by atoms with E-state index in [1.165, 1.54) is 0 Å². The first-order chi connectivity index (χ1) is 8.33. The first-order valence-corrected chi connectivity index (χ1v) is 6.22. The smallest absolute Gasteiger partial charge is 0.298 e. The minimum atomic E-state index is 0.690. The fraction of sp³-hybridized carbons (Fsp3) is 0.417. The molecule has 0 atom stereocenters. The Morgan fingerprint density at radius 2 is 2.24 bits per heavy atom. The Balaban J connectivity index is 1.93. The fourth-order valence-electron chi connectivity index (χ4n) is 2.06. The van der Waals surface area contributed by atoms with Gasteiger partial charge in [0.2, 0.25) is 0 Å². The van der Waals surface area contributed by atoms with Crippen LogP contribution in [0.15, 0.2) is 22.6 Å². The second-order valence-electron chi connectivity index (χ2n) is 4.20. The van der Waals surface area contributed by atoms with Crippen LogP contribution in [0.5, 0.6) is 0 Å². The zero-order chi connectivity index (χ0) is 11.7. The minimum absolute atomic E-state index is 0.690. The van der Waals surface area contributed by atoms with Gasteiger partial charge < -0.3 is 14.6 Å². The molecule has 1 aliphatic rings. The largest absolute Gasteiger partial charge is 0.423 e. The minimum Gasteiger partial charge on any atom is -0.423 e. The SMILES string of the molecule is Clc1ccc2oc(N3CCCNCC3)nc2c1. The normalized spacial score (nSPS) is 17.4. The maximum Gasteiger partial charge on any atom is 0.298 e. The van der Waals surface area contributed by atoms with Crippen LogP contribution in [0.4, 0.5) is 6.01 Å². The Morgan fingerprint density at radius 3 is 3.18 bits per heavy atom. The van der Waals surface area contributed by atoms with Crippen LogP contribution in [0.3, 0.4) is 0 Å². The Bertz CT molecular complexity index is 517. The molecule has 90 valence electrons. The zero-order valence-corrected chi connectivity index (χ0v) is 10.2. The zero-order valence-electron chi connectivity index (χ0n) is 9.45. The van der Waals surface area contributed by atoms with Crippen molar-refractivity contribution in [3.8, 4) is 0 Å². The summed E-state index contributed by atoms with van der Waals surface area (Å²) in [6.45, 7) is 3.94. The molecule has 2 heterocycles. The van der Waals surface area contributed by atoms with Crippen LogP contribution in [0.2, 0.25) is 5.02 Å². The molecule has 0 unspecified atom stereocenters. The molecule has 1 N–H and O–H groups in total. The van der Waals surface area contributed by atoms with Gasteiger partial charge in [0.05, 0.1) is 0 Å². The molecule has 0 spiro atoms. The van der Waals surface area contributed by atoms with Gasteiger partial charge >= 0.3 is 0 Å². The van der Waals surface area contributed by atoms with E-state index >= 15 is 0 Å². The summed E-state index contributed by atoms with van der Waals surface area (Å²) in [7, 11) is 0. The highest BCUT2D eigenvalue weighted by Gasteiger charge is 2.15. The summed E-state index contributed by atoms with van der Waals surface area (Å²) in [6, 6.07) is 6.22. The number of nitrogens with zero attached hydrogens (tertiary/aromatic N) is 2. The number of benzene rings is 1. The third-order valence-electron chi connectivity index (χ3n) is 2.95. The van der Waals surface area contributed by atoms with Crippen LogP contribution in [-0.4, -0.2) is 31.2 Å². The molecule has 4 nitrogen and oxygen atoms in total. The van der Waals surface area contributed by atoms with Crippen molar-refractivity contribution < 1.29 is 4.42 Å². The second-order valence-corrected chi connectivity index (χ2v) is 4.64. The summed E-state index contributed by atoms with van der Waals surface area (Å²) in [5, 5.41) is 4.05. The van der Waals surface area contributed by atoms with E-state index in [1.807, 2.05) is 18.2 Å². The highest BCUT2D eigenvalue weighted by atomic mass is 35.5. The number of fused-ring (bicyclic) bond motifs is 1. The summed E-state index contributed by atoms with van der Waals surface area (Å²) in [4.78, 5) is 6.66. The molecule has 1 aromatic heterocycles. The van der Waals surface area contributed by atoms with Crippen molar-refractivity contribution >= 4 is 28.7 Å². The monoisotopic (exact) mass is 251 g/mol. The fourth-order valence-corrected chi connectivity index (χ4v) is 2.23. The molecule has 1 aliphatic heterocycles. The molecule has 3 rings (SSSR count). The summed E-state index contributed by atoms with van der Waals surface area (Å²) in [5.41, 5.74) is 1.62. The summed E-state index contributed by atoms with van der Waals surface area (Å²) >= 11 is 5.93. The van der Waals surface area contributed by atoms with Crippen molar-refractivity contribution in [3.05, 3.63) is 23.2 Å². The first kappa shape index (κ1) is 10.9. The number of halogens is 1. The quantitative estimate of drug-likeness (QED) is 0.844. The van der Waals surface area contributed by atoms with E-state index in [-0.39, 0.29) is 0 Å². The van der Waals surface area contributed by atoms with E-state index < -0.39 is 0 Å². The Kier molecular flexibility index (Phi) is 2.91. The number of rotatable bonds is 1. The van der Waals surface area contributed by atoms with E-state index in [0.29, 0.717) is 11.0 Å². The van der Waals surface area contributed by atoms with Crippen LogP contribution >= 0.6 is 11.6 Å². The van der Waals surface area contributed by atoms with Crippen molar-refractivity contribution in [3.63, 3.8) is 0 Å². The average Bonchev–Trinajstić information content (AvgIpc) is 2.57. The van der Waals surface area contributed by atoms with Crippen molar-refractivity contribution in [2.75, 3.05) is 31.1 Å². The van der Waals surface area contributed by atoms with Crippen LogP contribution in [0, 0.1) is 0 Å². The number of hydrogen-bond donors (Lipinski definition) is 1. The number of aromatic nitrogens is 1. The molecule has 0 radical (unpaired) electrons. The number of oxazole rings is 1. The van der Waals surface area contributed by atoms with Crippen LogP contribution < -0.4 is 10.2 Å². The maximum absolute atomic E-state index is 5.93. The van der Waals surface area contributed by atoms with Crippen LogP contribution in [-0.2, 0) is 0 Å². The summed E-state index contributed by atoms with van der Waals surface area (Å²) in [5.74, 6) is 0. The van der Waals surface area contributed by atoms with Gasteiger partial charge in [-0.3, -0.25) is 0 Å². The lowest BCUT2D eigenvalue weighted by Crippen LogP contribution is -2.27. The molecule has 2 aromatic rings. The van der Waals surface area contributed by atoms with Gasteiger partial charge in [0.15, 0.2) is 5.58 Å². The molecule has 1 aromatic carbocycles. The van der Waals surface area contributed by atoms with Gasteiger partial charge in [-0.05, 0) is 31.2 Å². The molecular formula is C12H14ClN3O. The number of hydrogen-bond acceptors (Lipinski definition) is 4. The van der Waals surface area contributed by atoms with Crippen molar-refractivity contribution in [1.29, 1.82) is 0 Å². The van der Waals surface area contributed by atoms with E-state index in [1.54, 1.807) is 0 Å². The molecule has 0 saturated carbocycles. The second kappa shape index (κ2) is 4.55. The molecular weight excluding hydrogens is 238 g/mol. The Labute approximate surface area is 105 Å². The highest BCUT2D eigenvalue weighted by molar-refractivity contribution is 6.31. The van der Waals surface area contributed by atoms with E-state index in [0.717, 1.165) is 43.7 Å². The third-order valence-corrected chi connectivity index (χ3v) is 3.18. The van der Waals surface area contributed by atoms with Gasteiger partial charge in [-0.1, -0.05) is 11.6 Å². The van der Waals surface area contributed by atoms with Gasteiger partial charge in [-0.25, -0.2) is 0 Å². The van der Waals surface area contributed by atoms with Crippen LogP contribution in [0.25, 0.3) is 11.1 Å². The standard InChI is InChI=1S/C12H14ClN3O/c13-9-2-3-11-10(8-9)15-12(17-11)16-6-1-4-14-5-7-16/h2-3,8,14H,1,4-7H2. The van der Waals surface area contributed by atoms with E-state index in [4.69, 9.17) is 16.0 Å². The lowest BCUT2D eigenvalue weighted by molar-refractivity contribution is 0.571. The molecule has 1 fully saturated rings. The summed E-state index contributed by atoms with van der Waals surface area (Å²) < 4.78 is 5.75. The molecule has 5 heteroatoms. The van der Waals surface area contributed by atoms with E-state index in [9.17, 15) is 0 Å². The number of anilines is 1. The van der Waals surface area contributed by atoms with E-state index in [2.05, 4.69) is 15.2 Å². The Hall–Kier alpha value is -1.26. The van der Waals surface area contributed by atoms with Crippen molar-refractivity contribution in [2.24, 2.45) is 0 Å². The first-order valence-electron chi connectivity index (χ1n) is 5.85. The molecule has 0 aliphatic carbocycles. The summed E-state index contributed by atoms with van der Waals surface area (Å²) in [6.07, 6.45) is 1.11. The van der Waals surface area contributed by atoms with Gasteiger partial charge in [-0.15, -0.1) is 0 Å². The van der Waals surface area contributed by atoms with Gasteiger partial charge in [0.1, 0.15) is 5.52 Å².